The number of carbonyl (C=O) groups is 1. The van der Waals surface area contributed by atoms with Crippen molar-refractivity contribution in [3.05, 3.63) is 12.2 Å². The predicted octanol–water partition coefficient (Wildman–Crippen LogP) is 16.6. The van der Waals surface area contributed by atoms with Crippen LogP contribution in [-0.4, -0.2) is 95.4 Å². The number of aliphatic hydroxyl groups excluding tert-OH is 4. The van der Waals surface area contributed by atoms with Gasteiger partial charge in [0.2, 0.25) is 5.91 Å². The quantitative estimate of drug-likeness (QED) is 0.0193. The molecule has 1 fully saturated rings. The van der Waals surface area contributed by atoms with Gasteiger partial charge in [-0.3, -0.25) is 9.35 Å². The zero-order valence-corrected chi connectivity index (χ0v) is 50.9. The highest BCUT2D eigenvalue weighted by molar-refractivity contribution is 7.80. The molecule has 0 aromatic carbocycles. The molecule has 12 nitrogen and oxygen atoms in total. The standard InChI is InChI=1S/C64H125NO11S/c1-3-5-7-9-11-13-15-17-19-20-21-22-23-24-25-26-27-28-29-30-31-32-33-34-35-36-37-38-40-42-44-46-48-50-52-54-60(68)65-57(56-74-64-62(70)63(76-77(71,72)73)61(69)59(55-66)75-64)58(67)53-51-49-47-45-43-41-39-18-16-14-12-10-8-6-4-2/h51,53,57-59,61-64,66-67,69-70H,3-50,52,54-56H2,1-2H3,(H,65,68)(H,71,72,73)/b53-51+. The Bertz CT molecular complexity index is 1400. The number of amides is 1. The van der Waals surface area contributed by atoms with Gasteiger partial charge >= 0.3 is 10.4 Å². The second-order valence-electron chi connectivity index (χ2n) is 23.4. The molecule has 458 valence electrons. The number of aliphatic hydroxyl groups is 4. The third kappa shape index (κ3) is 46.1. The van der Waals surface area contributed by atoms with E-state index in [4.69, 9.17) is 9.47 Å². The summed E-state index contributed by atoms with van der Waals surface area (Å²) in [4.78, 5) is 13.2. The summed E-state index contributed by atoms with van der Waals surface area (Å²) in [5.74, 6) is -0.255. The smallest absolute Gasteiger partial charge is 0.394 e. The minimum absolute atomic E-state index is 0.255. The maximum Gasteiger partial charge on any atom is 0.397 e. The number of nitrogens with one attached hydrogen (secondary N) is 1. The molecule has 0 aliphatic carbocycles. The minimum Gasteiger partial charge on any atom is -0.394 e. The van der Waals surface area contributed by atoms with Crippen molar-refractivity contribution in [3.8, 4) is 0 Å². The van der Waals surface area contributed by atoms with Gasteiger partial charge in [0.05, 0.1) is 25.4 Å². The summed E-state index contributed by atoms with van der Waals surface area (Å²) in [6, 6.07) is -0.940. The van der Waals surface area contributed by atoms with Crippen molar-refractivity contribution in [2.24, 2.45) is 0 Å². The van der Waals surface area contributed by atoms with E-state index in [9.17, 15) is 38.2 Å². The molecule has 77 heavy (non-hydrogen) atoms. The summed E-state index contributed by atoms with van der Waals surface area (Å²) in [6.07, 6.45) is 58.7. The van der Waals surface area contributed by atoms with Crippen LogP contribution in [0.25, 0.3) is 0 Å². The molecule has 1 amide bonds. The third-order valence-electron chi connectivity index (χ3n) is 16.1. The maximum atomic E-state index is 13.2. The normalized spacial score (nSPS) is 18.9. The largest absolute Gasteiger partial charge is 0.397 e. The Kier molecular flexibility index (Phi) is 51.9. The molecule has 7 atom stereocenters. The van der Waals surface area contributed by atoms with E-state index < -0.39 is 59.9 Å². The zero-order chi connectivity index (χ0) is 56.1. The van der Waals surface area contributed by atoms with Gasteiger partial charge in [-0.25, -0.2) is 4.18 Å². The van der Waals surface area contributed by atoms with E-state index in [2.05, 4.69) is 23.3 Å². The fourth-order valence-corrected chi connectivity index (χ4v) is 11.5. The van der Waals surface area contributed by atoms with E-state index in [-0.39, 0.29) is 18.9 Å². The van der Waals surface area contributed by atoms with Crippen LogP contribution in [0.5, 0.6) is 0 Å². The lowest BCUT2D eigenvalue weighted by atomic mass is 9.99. The number of unbranched alkanes of at least 4 members (excludes halogenated alkanes) is 47. The van der Waals surface area contributed by atoms with Crippen LogP contribution in [0.3, 0.4) is 0 Å². The van der Waals surface area contributed by atoms with Gasteiger partial charge in [-0.2, -0.15) is 8.42 Å². The molecule has 7 unspecified atom stereocenters. The molecule has 1 heterocycles. The SMILES string of the molecule is CCCCCCCCCCCCCCC/C=C/C(O)C(COC1OC(CO)C(O)C(OS(=O)(=O)O)C1O)NC(=O)CCCCCCCCCCCCCCCCCCCCCCCCCCCCCCCCCCCCC. The van der Waals surface area contributed by atoms with E-state index >= 15 is 0 Å². The van der Waals surface area contributed by atoms with Gasteiger partial charge in [-0.05, 0) is 19.3 Å². The second-order valence-corrected chi connectivity index (χ2v) is 24.5. The minimum atomic E-state index is -5.09. The Balaban J connectivity index is 2.17. The van der Waals surface area contributed by atoms with Crippen LogP contribution in [-0.2, 0) is 28.9 Å². The average molecular weight is 1120 g/mol. The molecule has 0 radical (unpaired) electrons. The monoisotopic (exact) mass is 1120 g/mol. The first-order chi connectivity index (χ1) is 37.5. The predicted molar refractivity (Wildman–Crippen MR) is 319 cm³/mol. The number of hydrogen-bond acceptors (Lipinski definition) is 10. The second kappa shape index (κ2) is 54.1. The number of allylic oxidation sites excluding steroid dienone is 1. The first-order valence-electron chi connectivity index (χ1n) is 33.1. The fraction of sp³-hybridized carbons (Fsp3) is 0.953. The van der Waals surface area contributed by atoms with Crippen LogP contribution < -0.4 is 5.32 Å². The Morgan fingerprint density at radius 3 is 1.13 bits per heavy atom. The van der Waals surface area contributed by atoms with Crippen molar-refractivity contribution in [2.45, 2.75) is 378 Å². The van der Waals surface area contributed by atoms with Crippen LogP contribution in [0.15, 0.2) is 12.2 Å². The summed E-state index contributed by atoms with van der Waals surface area (Å²) in [6.45, 7) is 3.44. The molecule has 0 saturated carbocycles. The van der Waals surface area contributed by atoms with Crippen LogP contribution in [0.1, 0.15) is 335 Å². The van der Waals surface area contributed by atoms with Crippen molar-refractivity contribution in [1.82, 2.24) is 5.32 Å². The summed E-state index contributed by atoms with van der Waals surface area (Å²) < 4.78 is 47.9. The average Bonchev–Trinajstić information content (AvgIpc) is 3.41. The topological polar surface area (TPSA) is 192 Å². The highest BCUT2D eigenvalue weighted by atomic mass is 32.3. The van der Waals surface area contributed by atoms with E-state index in [1.807, 2.05) is 6.08 Å². The van der Waals surface area contributed by atoms with Crippen LogP contribution in [0.2, 0.25) is 0 Å². The van der Waals surface area contributed by atoms with Gasteiger partial charge in [0.15, 0.2) is 6.29 Å². The fourth-order valence-electron chi connectivity index (χ4n) is 11.0. The number of ether oxygens (including phenoxy) is 2. The molecule has 1 aliphatic heterocycles. The lowest BCUT2D eigenvalue weighted by molar-refractivity contribution is -0.298. The molecule has 1 saturated heterocycles. The van der Waals surface area contributed by atoms with E-state index in [1.165, 1.54) is 270 Å². The lowest BCUT2D eigenvalue weighted by Crippen LogP contribution is -2.61. The van der Waals surface area contributed by atoms with Crippen LogP contribution in [0.4, 0.5) is 0 Å². The van der Waals surface area contributed by atoms with Crippen molar-refractivity contribution < 1.29 is 51.8 Å². The maximum absolute atomic E-state index is 13.2. The zero-order valence-electron chi connectivity index (χ0n) is 50.1. The summed E-state index contributed by atoms with van der Waals surface area (Å²) >= 11 is 0. The number of rotatable bonds is 59. The van der Waals surface area contributed by atoms with Crippen molar-refractivity contribution >= 4 is 16.3 Å². The molecule has 1 aliphatic rings. The van der Waals surface area contributed by atoms with Crippen LogP contribution in [0, 0.1) is 0 Å². The van der Waals surface area contributed by atoms with Gasteiger partial charge in [-0.1, -0.05) is 321 Å². The highest BCUT2D eigenvalue weighted by Gasteiger charge is 2.48. The molecule has 1 rings (SSSR count). The first-order valence-corrected chi connectivity index (χ1v) is 34.4. The summed E-state index contributed by atoms with van der Waals surface area (Å²) in [5, 5.41) is 45.0. The number of carbonyl (C=O) groups excluding carboxylic acids is 1. The highest BCUT2D eigenvalue weighted by Crippen LogP contribution is 2.26. The van der Waals surface area contributed by atoms with Gasteiger partial charge < -0.3 is 35.2 Å². The van der Waals surface area contributed by atoms with Gasteiger partial charge in [0, 0.05) is 6.42 Å². The summed E-state index contributed by atoms with van der Waals surface area (Å²) in [7, 11) is -5.09. The van der Waals surface area contributed by atoms with Crippen molar-refractivity contribution in [1.29, 1.82) is 0 Å². The Morgan fingerprint density at radius 2 is 0.818 bits per heavy atom. The molecule has 13 heteroatoms. The number of hydrogen-bond donors (Lipinski definition) is 6. The molecule has 6 N–H and O–H groups in total. The molecular weight excluding hydrogens is 991 g/mol. The molecule has 0 aromatic heterocycles. The Hall–Kier alpha value is -1.16. The molecule has 0 spiro atoms. The van der Waals surface area contributed by atoms with Gasteiger partial charge in [-0.15, -0.1) is 0 Å². The summed E-state index contributed by atoms with van der Waals surface area (Å²) in [5.41, 5.74) is 0. The first kappa shape index (κ1) is 73.9. The Morgan fingerprint density at radius 1 is 0.506 bits per heavy atom. The van der Waals surface area contributed by atoms with E-state index in [0.717, 1.165) is 38.5 Å². The Labute approximate surface area is 474 Å². The van der Waals surface area contributed by atoms with Crippen LogP contribution >= 0.6 is 0 Å². The molecule has 0 aromatic rings. The van der Waals surface area contributed by atoms with Crippen molar-refractivity contribution in [3.63, 3.8) is 0 Å². The van der Waals surface area contributed by atoms with Gasteiger partial charge in [0.25, 0.3) is 0 Å². The third-order valence-corrected chi connectivity index (χ3v) is 16.5. The van der Waals surface area contributed by atoms with E-state index in [1.54, 1.807) is 6.08 Å². The van der Waals surface area contributed by atoms with Crippen molar-refractivity contribution in [2.75, 3.05) is 13.2 Å². The lowest BCUT2D eigenvalue weighted by Gasteiger charge is -2.41. The molecule has 0 bridgehead atoms. The molecular formula is C64H125NO11S. The van der Waals surface area contributed by atoms with E-state index in [0.29, 0.717) is 6.42 Å². The van der Waals surface area contributed by atoms with Gasteiger partial charge in [0.1, 0.15) is 24.4 Å².